The van der Waals surface area contributed by atoms with Crippen molar-refractivity contribution in [2.75, 3.05) is 32.8 Å². The monoisotopic (exact) mass is 692 g/mol. The van der Waals surface area contributed by atoms with E-state index in [1.165, 1.54) is 11.1 Å². The number of nitrogens with two attached hydrogens (primary N) is 2. The summed E-state index contributed by atoms with van der Waals surface area (Å²) in [5, 5.41) is 14.3. The van der Waals surface area contributed by atoms with Gasteiger partial charge >= 0.3 is 5.97 Å². The summed E-state index contributed by atoms with van der Waals surface area (Å²) >= 11 is 0. The molecule has 50 heavy (non-hydrogen) atoms. The number of benzene rings is 2. The van der Waals surface area contributed by atoms with Gasteiger partial charge in [0.1, 0.15) is 18.3 Å². The molecular formula is C38H56N6O6. The molecule has 0 saturated carbocycles. The van der Waals surface area contributed by atoms with Gasteiger partial charge in [0.15, 0.2) is 12.6 Å². The number of amides is 3. The van der Waals surface area contributed by atoms with Gasteiger partial charge < -0.3 is 36.8 Å². The second-order valence-corrected chi connectivity index (χ2v) is 14.4. The number of guanidine groups is 1. The van der Waals surface area contributed by atoms with E-state index in [2.05, 4.69) is 63.2 Å². The second kappa shape index (κ2) is 17.4. The Balaban J connectivity index is 1.78. The number of carbonyl (C=O) groups is 4. The summed E-state index contributed by atoms with van der Waals surface area (Å²) in [6.07, 6.45) is 3.12. The molecule has 0 bridgehead atoms. The molecule has 1 saturated heterocycles. The van der Waals surface area contributed by atoms with E-state index in [1.807, 2.05) is 42.5 Å². The van der Waals surface area contributed by atoms with Crippen LogP contribution in [-0.2, 0) is 35.4 Å². The van der Waals surface area contributed by atoms with Crippen LogP contribution in [0.3, 0.4) is 0 Å². The van der Waals surface area contributed by atoms with Gasteiger partial charge in [0.25, 0.3) is 5.91 Å². The van der Waals surface area contributed by atoms with Crippen molar-refractivity contribution in [3.63, 3.8) is 0 Å². The number of carbonyl (C=O) groups excluding carboxylic acids is 3. The third-order valence-corrected chi connectivity index (χ3v) is 10.3. The molecule has 7 N–H and O–H groups in total. The van der Waals surface area contributed by atoms with Crippen LogP contribution in [0.4, 0.5) is 0 Å². The summed E-state index contributed by atoms with van der Waals surface area (Å²) in [4.78, 5) is 57.5. The Bertz CT molecular complexity index is 1480. The van der Waals surface area contributed by atoms with E-state index in [0.29, 0.717) is 38.1 Å². The van der Waals surface area contributed by atoms with E-state index in [9.17, 15) is 19.2 Å². The number of rotatable bonds is 17. The molecule has 1 atom stereocenters. The molecule has 0 spiro atoms. The zero-order valence-electron chi connectivity index (χ0n) is 30.5. The van der Waals surface area contributed by atoms with E-state index in [0.717, 1.165) is 18.4 Å². The maximum absolute atomic E-state index is 14.2. The van der Waals surface area contributed by atoms with Crippen LogP contribution in [0.25, 0.3) is 0 Å². The summed E-state index contributed by atoms with van der Waals surface area (Å²) in [5.74, 6) is -1.78. The number of nitrogens with one attached hydrogen (secondary N) is 2. The number of aliphatic imine (C=N–C) groups is 1. The fourth-order valence-corrected chi connectivity index (χ4v) is 6.01. The van der Waals surface area contributed by atoms with Gasteiger partial charge in [-0.2, -0.15) is 0 Å². The summed E-state index contributed by atoms with van der Waals surface area (Å²) in [5.41, 5.74) is 12.8. The molecule has 274 valence electrons. The van der Waals surface area contributed by atoms with Gasteiger partial charge in [-0.05, 0) is 78.2 Å². The second-order valence-electron chi connectivity index (χ2n) is 14.4. The quantitative estimate of drug-likeness (QED) is 0.0941. The Morgan fingerprint density at radius 1 is 0.960 bits per heavy atom. The molecule has 2 aromatic carbocycles. The van der Waals surface area contributed by atoms with Crippen molar-refractivity contribution in [1.29, 1.82) is 0 Å². The highest BCUT2D eigenvalue weighted by Gasteiger charge is 2.45. The van der Waals surface area contributed by atoms with Crippen molar-refractivity contribution >= 4 is 29.7 Å². The molecule has 0 unspecified atom stereocenters. The Morgan fingerprint density at radius 2 is 1.54 bits per heavy atom. The number of hydrogen-bond acceptors (Lipinski definition) is 6. The number of hydrogen-bond donors (Lipinski definition) is 5. The van der Waals surface area contributed by atoms with Gasteiger partial charge in [0.05, 0.1) is 5.41 Å². The number of carboxylic acids is 1. The first-order chi connectivity index (χ1) is 23.5. The number of carboxylic acid groups (broad SMARTS) is 1. The van der Waals surface area contributed by atoms with Crippen molar-refractivity contribution in [2.24, 2.45) is 16.5 Å². The van der Waals surface area contributed by atoms with Crippen molar-refractivity contribution in [3.05, 3.63) is 65.2 Å². The minimum absolute atomic E-state index is 0.0570. The van der Waals surface area contributed by atoms with Gasteiger partial charge in [-0.25, -0.2) is 0 Å². The van der Waals surface area contributed by atoms with Crippen LogP contribution >= 0.6 is 0 Å². The lowest BCUT2D eigenvalue weighted by Crippen LogP contribution is -2.57. The largest absolute Gasteiger partial charge is 0.484 e. The molecule has 2 aromatic rings. The van der Waals surface area contributed by atoms with Crippen molar-refractivity contribution in [3.8, 4) is 5.75 Å². The summed E-state index contributed by atoms with van der Waals surface area (Å²) in [7, 11) is 0. The molecular weight excluding hydrogens is 636 g/mol. The fraction of sp³-hybridized carbons (Fsp3) is 0.553. The first-order valence-electron chi connectivity index (χ1n) is 17.5. The zero-order valence-corrected chi connectivity index (χ0v) is 30.5. The third-order valence-electron chi connectivity index (χ3n) is 10.3. The van der Waals surface area contributed by atoms with Crippen LogP contribution in [0, 0.1) is 0 Å². The fourth-order valence-electron chi connectivity index (χ4n) is 6.01. The van der Waals surface area contributed by atoms with Crippen molar-refractivity contribution in [2.45, 2.75) is 102 Å². The lowest BCUT2D eigenvalue weighted by molar-refractivity contribution is -0.140. The molecule has 12 nitrogen and oxygen atoms in total. The molecule has 12 heteroatoms. The minimum atomic E-state index is -1.20. The zero-order chi connectivity index (χ0) is 37.1. The molecule has 1 heterocycles. The molecule has 1 aliphatic rings. The van der Waals surface area contributed by atoms with Crippen LogP contribution in [0.2, 0.25) is 0 Å². The average Bonchev–Trinajstić information content (AvgIpc) is 3.10. The van der Waals surface area contributed by atoms with E-state index < -0.39 is 29.9 Å². The minimum Gasteiger partial charge on any atom is -0.484 e. The molecule has 1 fully saturated rings. The first-order valence-corrected chi connectivity index (χ1v) is 17.5. The van der Waals surface area contributed by atoms with E-state index in [-0.39, 0.29) is 48.2 Å². The van der Waals surface area contributed by atoms with Gasteiger partial charge in [-0.3, -0.25) is 24.2 Å². The molecule has 0 radical (unpaired) electrons. The van der Waals surface area contributed by atoms with Crippen LogP contribution in [-0.4, -0.2) is 78.5 Å². The molecule has 0 aromatic heterocycles. The normalized spacial score (nSPS) is 15.0. The Kier molecular flexibility index (Phi) is 13.8. The summed E-state index contributed by atoms with van der Waals surface area (Å²) in [6.45, 7) is 13.3. The summed E-state index contributed by atoms with van der Waals surface area (Å²) in [6, 6.07) is 14.6. The average molecular weight is 693 g/mol. The number of aliphatic carboxylic acids is 1. The van der Waals surface area contributed by atoms with E-state index in [4.69, 9.17) is 21.3 Å². The summed E-state index contributed by atoms with van der Waals surface area (Å²) < 4.78 is 6.16. The molecule has 1 aliphatic heterocycles. The Hall–Kier alpha value is -4.61. The Morgan fingerprint density at radius 3 is 2.06 bits per heavy atom. The van der Waals surface area contributed by atoms with Crippen LogP contribution in [0.1, 0.15) is 96.8 Å². The lowest BCUT2D eigenvalue weighted by atomic mass is 9.71. The number of ether oxygens (including phenoxy) is 1. The van der Waals surface area contributed by atoms with Crippen LogP contribution < -0.4 is 26.8 Å². The number of piperidine rings is 1. The molecule has 3 amide bonds. The smallest absolute Gasteiger partial charge is 0.322 e. The standard InChI is InChI=1S/C38H56N6O6/c1-7-36(3,4)27-21-28(37(5,6)8-2)23-29(22-27)50-25-31(45)44-19-16-38(17-20-44,26-13-10-9-11-14-26)34(49)43-30(15-12-18-41-35(39)40)33(48)42-24-32(46)47/h9-11,13-14,21-23,30H,7-8,12,15-20,24-25H2,1-6H3,(H,42,48)(H,43,49)(H,46,47)(H4,39,40,41)/t30-/m0/s1. The van der Waals surface area contributed by atoms with Gasteiger partial charge in [0, 0.05) is 19.6 Å². The van der Waals surface area contributed by atoms with E-state index in [1.54, 1.807) is 4.90 Å². The van der Waals surface area contributed by atoms with Gasteiger partial charge in [-0.15, -0.1) is 0 Å². The third kappa shape index (κ3) is 10.4. The SMILES string of the molecule is CCC(C)(C)c1cc(OCC(=O)N2CCC(C(=O)N[C@@H](CCCN=C(N)N)C(=O)NCC(=O)O)(c3ccccc3)CC2)cc(C(C)(C)CC)c1. The molecule has 0 aliphatic carbocycles. The maximum Gasteiger partial charge on any atom is 0.322 e. The predicted octanol–water partition coefficient (Wildman–Crippen LogP) is 3.74. The maximum atomic E-state index is 14.2. The van der Waals surface area contributed by atoms with Crippen LogP contribution in [0.15, 0.2) is 53.5 Å². The Labute approximate surface area is 296 Å². The molecule has 3 rings (SSSR count). The van der Waals surface area contributed by atoms with Gasteiger partial charge in [-0.1, -0.05) is 77.9 Å². The predicted molar refractivity (Wildman–Crippen MR) is 195 cm³/mol. The highest BCUT2D eigenvalue weighted by molar-refractivity contribution is 5.94. The van der Waals surface area contributed by atoms with Crippen LogP contribution in [0.5, 0.6) is 5.75 Å². The first kappa shape index (κ1) is 39.8. The van der Waals surface area contributed by atoms with Gasteiger partial charge in [0.2, 0.25) is 11.8 Å². The highest BCUT2D eigenvalue weighted by atomic mass is 16.5. The van der Waals surface area contributed by atoms with E-state index >= 15 is 0 Å². The van der Waals surface area contributed by atoms with Crippen molar-refractivity contribution in [1.82, 2.24) is 15.5 Å². The topological polar surface area (TPSA) is 189 Å². The lowest BCUT2D eigenvalue weighted by Gasteiger charge is -2.41. The highest BCUT2D eigenvalue weighted by Crippen LogP contribution is 2.38. The number of nitrogens with zero attached hydrogens (tertiary/aromatic N) is 2. The number of likely N-dealkylation sites (tertiary alicyclic amines) is 1. The van der Waals surface area contributed by atoms with Crippen molar-refractivity contribution < 1.29 is 29.0 Å².